The minimum atomic E-state index is 0.302. The maximum atomic E-state index is 5.68. The van der Waals surface area contributed by atoms with E-state index in [4.69, 9.17) is 11.6 Å². The predicted octanol–water partition coefficient (Wildman–Crippen LogP) is 3.47. The van der Waals surface area contributed by atoms with Gasteiger partial charge in [-0.05, 0) is 17.8 Å². The van der Waals surface area contributed by atoms with Gasteiger partial charge >= 0.3 is 0 Å². The zero-order chi connectivity index (χ0) is 13.8. The Bertz CT molecular complexity index is 268. The summed E-state index contributed by atoms with van der Waals surface area (Å²) in [5, 5.41) is 3.71. The second-order valence-corrected chi connectivity index (χ2v) is 7.18. The molecule has 0 aromatic rings. The molecule has 1 rings (SSSR count). The fraction of sp³-hybridized carbons (Fsp3) is 0.867. The van der Waals surface area contributed by atoms with Crippen molar-refractivity contribution in [3.63, 3.8) is 0 Å². The molecule has 0 amide bonds. The van der Waals surface area contributed by atoms with Crippen LogP contribution in [-0.4, -0.2) is 36.6 Å². The Balaban J connectivity index is 2.66. The van der Waals surface area contributed by atoms with Crippen LogP contribution in [0.15, 0.2) is 11.6 Å². The Hall–Kier alpha value is -0.0500. The molecule has 1 N–H and O–H groups in total. The molecule has 0 aromatic heterocycles. The molecular weight excluding hydrogens is 244 g/mol. The van der Waals surface area contributed by atoms with Gasteiger partial charge in [-0.15, -0.1) is 0 Å². The summed E-state index contributed by atoms with van der Waals surface area (Å²) in [5.41, 5.74) is 1.94. The van der Waals surface area contributed by atoms with Gasteiger partial charge in [0, 0.05) is 37.3 Å². The summed E-state index contributed by atoms with van der Waals surface area (Å²) in [4.78, 5) is 2.57. The number of nitrogens with zero attached hydrogens (tertiary/aromatic N) is 1. The van der Waals surface area contributed by atoms with Gasteiger partial charge in [-0.1, -0.05) is 52.3 Å². The first-order chi connectivity index (χ1) is 8.34. The summed E-state index contributed by atoms with van der Waals surface area (Å²) >= 11 is 5.68. The highest BCUT2D eigenvalue weighted by Crippen LogP contribution is 2.27. The molecule has 18 heavy (non-hydrogen) atoms. The molecule has 0 saturated carbocycles. The van der Waals surface area contributed by atoms with E-state index in [1.54, 1.807) is 5.54 Å². The second-order valence-electron chi connectivity index (χ2n) is 6.93. The lowest BCUT2D eigenvalue weighted by molar-refractivity contribution is 0.0614. The van der Waals surface area contributed by atoms with E-state index < -0.39 is 0 Å². The maximum Gasteiger partial charge on any atom is 0.0273 e. The first-order valence-corrected chi connectivity index (χ1v) is 7.51. The Morgan fingerprint density at radius 2 is 2.06 bits per heavy atom. The van der Waals surface area contributed by atoms with E-state index in [-0.39, 0.29) is 0 Å². The van der Waals surface area contributed by atoms with Crippen molar-refractivity contribution >= 4 is 11.6 Å². The average Bonchev–Trinajstić information content (AvgIpc) is 2.24. The van der Waals surface area contributed by atoms with Crippen molar-refractivity contribution in [2.75, 3.05) is 19.6 Å². The molecule has 2 atom stereocenters. The van der Waals surface area contributed by atoms with E-state index in [2.05, 4.69) is 50.9 Å². The number of nitrogens with one attached hydrogen (secondary N) is 1. The van der Waals surface area contributed by atoms with Gasteiger partial charge < -0.3 is 5.32 Å². The Morgan fingerprint density at radius 3 is 2.56 bits per heavy atom. The minimum Gasteiger partial charge on any atom is -0.311 e. The largest absolute Gasteiger partial charge is 0.311 e. The van der Waals surface area contributed by atoms with Crippen LogP contribution in [0.4, 0.5) is 0 Å². The van der Waals surface area contributed by atoms with Gasteiger partial charge in [-0.2, -0.15) is 0 Å². The Kier molecular flexibility index (Phi) is 6.16. The zero-order valence-corrected chi connectivity index (χ0v) is 13.3. The van der Waals surface area contributed by atoms with E-state index in [1.807, 2.05) is 0 Å². The Morgan fingerprint density at radius 1 is 1.39 bits per heavy atom. The molecule has 1 saturated heterocycles. The summed E-state index contributed by atoms with van der Waals surface area (Å²) in [7, 11) is 0. The van der Waals surface area contributed by atoms with Gasteiger partial charge in [-0.3, -0.25) is 4.90 Å². The van der Waals surface area contributed by atoms with E-state index in [0.29, 0.717) is 17.5 Å². The maximum absolute atomic E-state index is 5.68. The van der Waals surface area contributed by atoms with Crippen molar-refractivity contribution in [1.29, 1.82) is 0 Å². The van der Waals surface area contributed by atoms with Gasteiger partial charge in [0.15, 0.2) is 0 Å². The molecule has 1 fully saturated rings. The van der Waals surface area contributed by atoms with E-state index in [1.165, 1.54) is 6.42 Å². The van der Waals surface area contributed by atoms with Crippen LogP contribution in [-0.2, 0) is 0 Å². The molecule has 3 heteroatoms. The van der Waals surface area contributed by atoms with Crippen molar-refractivity contribution in [2.45, 2.75) is 53.1 Å². The fourth-order valence-electron chi connectivity index (χ4n) is 2.84. The topological polar surface area (TPSA) is 15.3 Å². The third-order valence-electron chi connectivity index (χ3n) is 3.68. The molecule has 2 nitrogen and oxygen atoms in total. The van der Waals surface area contributed by atoms with Crippen molar-refractivity contribution in [1.82, 2.24) is 10.2 Å². The van der Waals surface area contributed by atoms with Crippen LogP contribution in [0.1, 0.15) is 41.0 Å². The molecule has 1 aliphatic rings. The number of halogens is 1. The molecular formula is C15H29ClN2. The molecule has 0 bridgehead atoms. The molecule has 0 radical (unpaired) electrons. The summed E-state index contributed by atoms with van der Waals surface area (Å²) in [5.74, 6) is 0.749. The van der Waals surface area contributed by atoms with Gasteiger partial charge in [0.1, 0.15) is 0 Å². The lowest BCUT2D eigenvalue weighted by Crippen LogP contribution is -2.60. The monoisotopic (exact) mass is 272 g/mol. The summed E-state index contributed by atoms with van der Waals surface area (Å²) in [6, 6.07) is 1.20. The first-order valence-electron chi connectivity index (χ1n) is 7.07. The molecule has 1 aliphatic heterocycles. The highest BCUT2D eigenvalue weighted by molar-refractivity contribution is 6.25. The third-order valence-corrected chi connectivity index (χ3v) is 3.86. The fourth-order valence-corrected chi connectivity index (χ4v) is 2.92. The number of piperazine rings is 1. The number of hydrogen-bond donors (Lipinski definition) is 1. The van der Waals surface area contributed by atoms with Crippen LogP contribution in [0, 0.1) is 11.3 Å². The highest BCUT2D eigenvalue weighted by Gasteiger charge is 2.34. The lowest BCUT2D eigenvalue weighted by Gasteiger charge is -2.46. The van der Waals surface area contributed by atoms with Crippen LogP contribution in [0.25, 0.3) is 0 Å². The summed E-state index contributed by atoms with van der Waals surface area (Å²) in [6.07, 6.45) is 3.30. The molecule has 1 heterocycles. The normalized spacial score (nSPS) is 27.3. The van der Waals surface area contributed by atoms with Crippen molar-refractivity contribution in [3.8, 4) is 0 Å². The Labute approximate surface area is 118 Å². The third kappa shape index (κ3) is 4.91. The van der Waals surface area contributed by atoms with Crippen LogP contribution in [0.5, 0.6) is 0 Å². The quantitative estimate of drug-likeness (QED) is 0.843. The van der Waals surface area contributed by atoms with Crippen LogP contribution in [0.3, 0.4) is 0 Å². The molecule has 0 aliphatic carbocycles. The van der Waals surface area contributed by atoms with Crippen molar-refractivity contribution in [2.24, 2.45) is 11.3 Å². The second kappa shape index (κ2) is 6.93. The average molecular weight is 273 g/mol. The van der Waals surface area contributed by atoms with Crippen LogP contribution < -0.4 is 5.32 Å². The highest BCUT2D eigenvalue weighted by atomic mass is 35.5. The summed E-state index contributed by atoms with van der Waals surface area (Å²) in [6.45, 7) is 14.7. The number of rotatable bonds is 4. The van der Waals surface area contributed by atoms with E-state index in [0.717, 1.165) is 25.6 Å². The molecule has 106 valence electrons. The molecule has 0 spiro atoms. The van der Waals surface area contributed by atoms with Crippen molar-refractivity contribution < 1.29 is 0 Å². The van der Waals surface area contributed by atoms with E-state index in [9.17, 15) is 0 Å². The van der Waals surface area contributed by atoms with Gasteiger partial charge in [-0.25, -0.2) is 0 Å². The van der Waals surface area contributed by atoms with Gasteiger partial charge in [0.05, 0.1) is 0 Å². The molecule has 0 aromatic carbocycles. The minimum absolute atomic E-state index is 0.302. The number of hydrogen-bond acceptors (Lipinski definition) is 2. The first kappa shape index (κ1) is 16.0. The van der Waals surface area contributed by atoms with Gasteiger partial charge in [0.2, 0.25) is 0 Å². The summed E-state index contributed by atoms with van der Waals surface area (Å²) < 4.78 is 0. The standard InChI is InChI=1S/C15H29ClN2/c1-12(2)9-13-11-18(8-6-7-16)14(10-17-13)15(3,4)5/h6-7,12-14,17H,8-11H2,1-5H3/b7-6+. The van der Waals surface area contributed by atoms with Gasteiger partial charge in [0.25, 0.3) is 0 Å². The molecule has 2 unspecified atom stereocenters. The van der Waals surface area contributed by atoms with Crippen LogP contribution >= 0.6 is 11.6 Å². The zero-order valence-electron chi connectivity index (χ0n) is 12.5. The SMILES string of the molecule is CC(C)CC1CN(C/C=C/Cl)C(C(C)(C)C)CN1. The predicted molar refractivity (Wildman–Crippen MR) is 81.1 cm³/mol. The van der Waals surface area contributed by atoms with Crippen molar-refractivity contribution in [3.05, 3.63) is 11.6 Å². The smallest absolute Gasteiger partial charge is 0.0273 e. The van der Waals surface area contributed by atoms with E-state index >= 15 is 0 Å². The lowest BCUT2D eigenvalue weighted by atomic mass is 9.83. The van der Waals surface area contributed by atoms with Crippen LogP contribution in [0.2, 0.25) is 0 Å².